The molecule has 0 bridgehead atoms. The van der Waals surface area contributed by atoms with Crippen LogP contribution in [-0.4, -0.2) is 41.0 Å². The molecule has 1 aromatic carbocycles. The van der Waals surface area contributed by atoms with E-state index in [0.717, 1.165) is 24.9 Å². The molecule has 1 atom stereocenters. The Kier molecular flexibility index (Phi) is 5.55. The third-order valence-corrected chi connectivity index (χ3v) is 3.92. The molecule has 5 heteroatoms. The molecule has 0 aliphatic carbocycles. The van der Waals surface area contributed by atoms with Crippen LogP contribution >= 0.6 is 0 Å². The van der Waals surface area contributed by atoms with E-state index in [-0.39, 0.29) is 17.5 Å². The number of carbonyl (C=O) groups excluding carboxylic acids is 1. The van der Waals surface area contributed by atoms with Crippen molar-refractivity contribution < 1.29 is 14.7 Å². The molecule has 5 nitrogen and oxygen atoms in total. The highest BCUT2D eigenvalue weighted by molar-refractivity contribution is 5.87. The maximum atomic E-state index is 12.3. The molecule has 120 valence electrons. The average Bonchev–Trinajstić information content (AvgIpc) is 2.63. The number of carbonyl (C=O) groups is 2. The van der Waals surface area contributed by atoms with Crippen LogP contribution in [0.1, 0.15) is 42.6 Å². The predicted octanol–water partition coefficient (Wildman–Crippen LogP) is 2.12. The van der Waals surface area contributed by atoms with Gasteiger partial charge in [0.05, 0.1) is 11.6 Å². The molecule has 1 heterocycles. The quantitative estimate of drug-likeness (QED) is 0.874. The molecule has 1 unspecified atom stereocenters. The number of aromatic carboxylic acids is 1. The molecular weight excluding hydrogens is 280 g/mol. The Hall–Kier alpha value is -1.88. The summed E-state index contributed by atoms with van der Waals surface area (Å²) < 4.78 is 0. The van der Waals surface area contributed by atoms with Gasteiger partial charge in [-0.15, -0.1) is 0 Å². The van der Waals surface area contributed by atoms with Crippen LogP contribution in [0.15, 0.2) is 24.3 Å². The van der Waals surface area contributed by atoms with E-state index in [2.05, 4.69) is 24.1 Å². The summed E-state index contributed by atoms with van der Waals surface area (Å²) in [6, 6.07) is 6.82. The first kappa shape index (κ1) is 16.5. The van der Waals surface area contributed by atoms with Crippen LogP contribution in [0, 0.1) is 5.92 Å². The summed E-state index contributed by atoms with van der Waals surface area (Å²) in [6.45, 7) is 6.38. The number of rotatable bonds is 5. The van der Waals surface area contributed by atoms with E-state index < -0.39 is 5.97 Å². The number of nitrogens with one attached hydrogen (secondary N) is 1. The highest BCUT2D eigenvalue weighted by Crippen LogP contribution is 2.18. The van der Waals surface area contributed by atoms with Gasteiger partial charge in [0.15, 0.2) is 0 Å². The fraction of sp³-hybridized carbons (Fsp3) is 0.529. The van der Waals surface area contributed by atoms with Gasteiger partial charge in [-0.2, -0.15) is 0 Å². The molecule has 0 saturated carbocycles. The normalized spacial score (nSPS) is 19.8. The van der Waals surface area contributed by atoms with Gasteiger partial charge in [-0.25, -0.2) is 4.79 Å². The van der Waals surface area contributed by atoms with Crippen molar-refractivity contribution in [1.82, 2.24) is 10.2 Å². The summed E-state index contributed by atoms with van der Waals surface area (Å²) in [5, 5.41) is 12.1. The summed E-state index contributed by atoms with van der Waals surface area (Å²) >= 11 is 0. The highest BCUT2D eigenvalue weighted by Gasteiger charge is 2.28. The smallest absolute Gasteiger partial charge is 0.335 e. The zero-order valence-corrected chi connectivity index (χ0v) is 13.2. The SMILES string of the molecule is CC(C)CC1C(=O)NCCCN1Cc1cccc(C(=O)O)c1. The zero-order valence-electron chi connectivity index (χ0n) is 13.2. The molecule has 1 aromatic rings. The van der Waals surface area contributed by atoms with E-state index >= 15 is 0 Å². The van der Waals surface area contributed by atoms with Gasteiger partial charge in [0.25, 0.3) is 0 Å². The summed E-state index contributed by atoms with van der Waals surface area (Å²) in [7, 11) is 0. The van der Waals surface area contributed by atoms with Crippen LogP contribution in [0.25, 0.3) is 0 Å². The van der Waals surface area contributed by atoms with Gasteiger partial charge in [-0.3, -0.25) is 9.69 Å². The van der Waals surface area contributed by atoms with Crippen LogP contribution in [0.5, 0.6) is 0 Å². The van der Waals surface area contributed by atoms with Gasteiger partial charge in [-0.1, -0.05) is 26.0 Å². The van der Waals surface area contributed by atoms with E-state index in [0.29, 0.717) is 19.0 Å². The van der Waals surface area contributed by atoms with Crippen molar-refractivity contribution >= 4 is 11.9 Å². The van der Waals surface area contributed by atoms with E-state index in [4.69, 9.17) is 5.11 Å². The largest absolute Gasteiger partial charge is 0.478 e. The third kappa shape index (κ3) is 4.31. The molecule has 1 aliphatic heterocycles. The minimum absolute atomic E-state index is 0.0839. The molecule has 0 radical (unpaired) electrons. The van der Waals surface area contributed by atoms with Gasteiger partial charge >= 0.3 is 5.97 Å². The third-order valence-electron chi connectivity index (χ3n) is 3.92. The molecule has 1 saturated heterocycles. The lowest BCUT2D eigenvalue weighted by molar-refractivity contribution is -0.126. The number of hydrogen-bond acceptors (Lipinski definition) is 3. The highest BCUT2D eigenvalue weighted by atomic mass is 16.4. The number of amides is 1. The van der Waals surface area contributed by atoms with E-state index in [9.17, 15) is 9.59 Å². The molecule has 1 amide bonds. The fourth-order valence-electron chi connectivity index (χ4n) is 2.86. The number of carboxylic acids is 1. The second kappa shape index (κ2) is 7.40. The number of benzene rings is 1. The lowest BCUT2D eigenvalue weighted by Gasteiger charge is -2.29. The zero-order chi connectivity index (χ0) is 16.1. The van der Waals surface area contributed by atoms with Crippen molar-refractivity contribution in [2.45, 2.75) is 39.3 Å². The predicted molar refractivity (Wildman–Crippen MR) is 84.7 cm³/mol. The number of carboxylic acid groups (broad SMARTS) is 1. The minimum Gasteiger partial charge on any atom is -0.478 e. The molecule has 0 spiro atoms. The Morgan fingerprint density at radius 1 is 1.45 bits per heavy atom. The van der Waals surface area contributed by atoms with Gasteiger partial charge in [0.1, 0.15) is 0 Å². The lowest BCUT2D eigenvalue weighted by Crippen LogP contribution is -2.44. The molecule has 22 heavy (non-hydrogen) atoms. The molecular formula is C17H24N2O3. The minimum atomic E-state index is -0.922. The van der Waals surface area contributed by atoms with Crippen LogP contribution in [0.2, 0.25) is 0 Å². The summed E-state index contributed by atoms with van der Waals surface area (Å²) in [5.74, 6) is -0.406. The second-order valence-corrected chi connectivity index (χ2v) is 6.27. The topological polar surface area (TPSA) is 69.6 Å². The summed E-state index contributed by atoms with van der Waals surface area (Å²) in [4.78, 5) is 25.5. The van der Waals surface area contributed by atoms with Crippen LogP contribution in [-0.2, 0) is 11.3 Å². The first-order chi connectivity index (χ1) is 10.5. The standard InChI is InChI=1S/C17H24N2O3/c1-12(2)9-15-16(20)18-7-4-8-19(15)11-13-5-3-6-14(10-13)17(21)22/h3,5-6,10,12,15H,4,7-9,11H2,1-2H3,(H,18,20)(H,21,22). The van der Waals surface area contributed by atoms with Crippen LogP contribution in [0.3, 0.4) is 0 Å². The van der Waals surface area contributed by atoms with Crippen molar-refractivity contribution in [1.29, 1.82) is 0 Å². The van der Waals surface area contributed by atoms with Gasteiger partial charge < -0.3 is 10.4 Å². The second-order valence-electron chi connectivity index (χ2n) is 6.27. The fourth-order valence-corrected chi connectivity index (χ4v) is 2.86. The van der Waals surface area contributed by atoms with E-state index in [1.807, 2.05) is 6.07 Å². The van der Waals surface area contributed by atoms with Crippen LogP contribution in [0.4, 0.5) is 0 Å². The van der Waals surface area contributed by atoms with E-state index in [1.54, 1.807) is 18.2 Å². The summed E-state index contributed by atoms with van der Waals surface area (Å²) in [5.41, 5.74) is 1.22. The lowest BCUT2D eigenvalue weighted by atomic mass is 10.0. The number of hydrogen-bond donors (Lipinski definition) is 2. The van der Waals surface area contributed by atoms with Crippen molar-refractivity contribution in [2.24, 2.45) is 5.92 Å². The molecule has 1 fully saturated rings. The van der Waals surface area contributed by atoms with Crippen molar-refractivity contribution in [3.05, 3.63) is 35.4 Å². The summed E-state index contributed by atoms with van der Waals surface area (Å²) in [6.07, 6.45) is 1.73. The van der Waals surface area contributed by atoms with Gasteiger partial charge in [0.2, 0.25) is 5.91 Å². The maximum Gasteiger partial charge on any atom is 0.335 e. The molecule has 0 aromatic heterocycles. The molecule has 2 rings (SSSR count). The Bertz CT molecular complexity index is 542. The maximum absolute atomic E-state index is 12.3. The van der Waals surface area contributed by atoms with Crippen molar-refractivity contribution in [2.75, 3.05) is 13.1 Å². The monoisotopic (exact) mass is 304 g/mol. The first-order valence-electron chi connectivity index (χ1n) is 7.81. The van der Waals surface area contributed by atoms with E-state index in [1.165, 1.54) is 0 Å². The van der Waals surface area contributed by atoms with Crippen LogP contribution < -0.4 is 5.32 Å². The molecule has 1 aliphatic rings. The Morgan fingerprint density at radius 2 is 2.23 bits per heavy atom. The Balaban J connectivity index is 2.18. The number of nitrogens with zero attached hydrogens (tertiary/aromatic N) is 1. The Morgan fingerprint density at radius 3 is 2.91 bits per heavy atom. The Labute approximate surface area is 131 Å². The van der Waals surface area contributed by atoms with Gasteiger partial charge in [-0.05, 0) is 36.5 Å². The first-order valence-corrected chi connectivity index (χ1v) is 7.81. The van der Waals surface area contributed by atoms with Gasteiger partial charge in [0, 0.05) is 19.6 Å². The van der Waals surface area contributed by atoms with Crippen molar-refractivity contribution in [3.8, 4) is 0 Å². The van der Waals surface area contributed by atoms with Crippen molar-refractivity contribution in [3.63, 3.8) is 0 Å². The molecule has 2 N–H and O–H groups in total. The average molecular weight is 304 g/mol.